The summed E-state index contributed by atoms with van der Waals surface area (Å²) >= 11 is 0. The number of hydrogen-bond donors (Lipinski definition) is 1. The molecule has 1 amide bonds. The highest BCUT2D eigenvalue weighted by atomic mass is 16.5. The summed E-state index contributed by atoms with van der Waals surface area (Å²) in [6.45, 7) is 2.65. The van der Waals surface area contributed by atoms with Crippen molar-refractivity contribution >= 4 is 22.5 Å². The van der Waals surface area contributed by atoms with E-state index in [0.717, 1.165) is 51.3 Å². The number of carbonyl (C=O) groups is 1. The molecular formula is C25H22N4O2. The van der Waals surface area contributed by atoms with Gasteiger partial charge in [0.25, 0.3) is 5.91 Å². The van der Waals surface area contributed by atoms with E-state index in [1.807, 2.05) is 67.2 Å². The molecule has 4 aromatic rings. The zero-order chi connectivity index (χ0) is 21.4. The standard InChI is InChI=1S/C25H22N4O2/c1-16-9-11-26-15-20(16)24-28-21-8-7-17(13-22(21)29(24)2)25(30)27-14-18-10-12-31-23-6-4-3-5-19(18)23/h3-9,11,13-15H,10,12H2,1-2H3,(H,27,30)/b18-14+. The van der Waals surface area contributed by atoms with Crippen molar-refractivity contribution in [3.05, 3.63) is 83.8 Å². The number of para-hydroxylation sites is 1. The number of nitrogens with one attached hydrogen (secondary N) is 1. The van der Waals surface area contributed by atoms with Crippen molar-refractivity contribution in [3.8, 4) is 17.1 Å². The average Bonchev–Trinajstić information content (AvgIpc) is 3.13. The topological polar surface area (TPSA) is 69.0 Å². The summed E-state index contributed by atoms with van der Waals surface area (Å²) in [6, 6.07) is 15.4. The van der Waals surface area contributed by atoms with Crippen LogP contribution in [0.5, 0.6) is 5.75 Å². The molecule has 2 aromatic heterocycles. The summed E-state index contributed by atoms with van der Waals surface area (Å²) in [4.78, 5) is 21.8. The quantitative estimate of drug-likeness (QED) is 0.540. The van der Waals surface area contributed by atoms with Crippen LogP contribution >= 0.6 is 0 Å². The van der Waals surface area contributed by atoms with Gasteiger partial charge >= 0.3 is 0 Å². The van der Waals surface area contributed by atoms with Crippen LogP contribution in [-0.4, -0.2) is 27.0 Å². The fourth-order valence-electron chi connectivity index (χ4n) is 3.92. The Morgan fingerprint density at radius 2 is 2.03 bits per heavy atom. The maximum Gasteiger partial charge on any atom is 0.255 e. The van der Waals surface area contributed by atoms with Crippen LogP contribution < -0.4 is 10.1 Å². The molecule has 2 aromatic carbocycles. The molecule has 31 heavy (non-hydrogen) atoms. The van der Waals surface area contributed by atoms with Crippen LogP contribution in [0.15, 0.2) is 67.1 Å². The molecule has 3 heterocycles. The van der Waals surface area contributed by atoms with Crippen molar-refractivity contribution in [3.63, 3.8) is 0 Å². The Morgan fingerprint density at radius 3 is 2.90 bits per heavy atom. The molecule has 5 rings (SSSR count). The van der Waals surface area contributed by atoms with Gasteiger partial charge in [0.1, 0.15) is 11.6 Å². The third-order valence-electron chi connectivity index (χ3n) is 5.66. The lowest BCUT2D eigenvalue weighted by molar-refractivity contribution is 0.0970. The predicted octanol–water partition coefficient (Wildman–Crippen LogP) is 4.50. The summed E-state index contributed by atoms with van der Waals surface area (Å²) in [5.74, 6) is 1.53. The van der Waals surface area contributed by atoms with Crippen LogP contribution in [0.1, 0.15) is 27.9 Å². The summed E-state index contributed by atoms with van der Waals surface area (Å²) < 4.78 is 7.69. The first-order valence-corrected chi connectivity index (χ1v) is 10.2. The molecule has 0 aliphatic carbocycles. The van der Waals surface area contributed by atoms with Gasteiger partial charge in [-0.15, -0.1) is 0 Å². The van der Waals surface area contributed by atoms with E-state index in [0.29, 0.717) is 12.2 Å². The molecule has 0 saturated carbocycles. The van der Waals surface area contributed by atoms with Gasteiger partial charge in [0.15, 0.2) is 0 Å². The van der Waals surface area contributed by atoms with E-state index in [1.54, 1.807) is 18.5 Å². The highest BCUT2D eigenvalue weighted by molar-refractivity contribution is 5.99. The number of rotatable bonds is 3. The number of imidazole rings is 1. The van der Waals surface area contributed by atoms with Crippen molar-refractivity contribution < 1.29 is 9.53 Å². The minimum absolute atomic E-state index is 0.154. The molecule has 6 heteroatoms. The number of aryl methyl sites for hydroxylation is 2. The van der Waals surface area contributed by atoms with E-state index in [2.05, 4.69) is 10.3 Å². The first-order valence-electron chi connectivity index (χ1n) is 10.2. The summed E-state index contributed by atoms with van der Waals surface area (Å²) in [6.07, 6.45) is 6.14. The Morgan fingerprint density at radius 1 is 1.16 bits per heavy atom. The van der Waals surface area contributed by atoms with Crippen LogP contribution in [0.2, 0.25) is 0 Å². The second-order valence-corrected chi connectivity index (χ2v) is 7.63. The van der Waals surface area contributed by atoms with Gasteiger partial charge in [-0.1, -0.05) is 18.2 Å². The number of hydrogen-bond acceptors (Lipinski definition) is 4. The van der Waals surface area contributed by atoms with E-state index in [9.17, 15) is 4.79 Å². The number of benzene rings is 2. The normalized spacial score (nSPS) is 14.3. The molecular weight excluding hydrogens is 388 g/mol. The molecule has 0 fully saturated rings. The Hall–Kier alpha value is -3.93. The molecule has 0 bridgehead atoms. The predicted molar refractivity (Wildman–Crippen MR) is 121 cm³/mol. The molecule has 0 radical (unpaired) electrons. The molecule has 0 saturated heterocycles. The van der Waals surface area contributed by atoms with Crippen molar-refractivity contribution in [2.24, 2.45) is 7.05 Å². The number of ether oxygens (including phenoxy) is 1. The molecule has 1 aliphatic heterocycles. The van der Waals surface area contributed by atoms with Crippen LogP contribution in [0.25, 0.3) is 28.0 Å². The molecule has 6 nitrogen and oxygen atoms in total. The highest BCUT2D eigenvalue weighted by Crippen LogP contribution is 2.32. The van der Waals surface area contributed by atoms with Gasteiger partial charge in [0.05, 0.1) is 17.6 Å². The lowest BCUT2D eigenvalue weighted by atomic mass is 10.0. The minimum atomic E-state index is -0.154. The van der Waals surface area contributed by atoms with Crippen LogP contribution in [-0.2, 0) is 7.05 Å². The van der Waals surface area contributed by atoms with Gasteiger partial charge in [-0.25, -0.2) is 4.98 Å². The molecule has 0 unspecified atom stereocenters. The fraction of sp³-hybridized carbons (Fsp3) is 0.160. The zero-order valence-corrected chi connectivity index (χ0v) is 17.4. The zero-order valence-electron chi connectivity index (χ0n) is 17.4. The minimum Gasteiger partial charge on any atom is -0.493 e. The molecule has 1 aliphatic rings. The SMILES string of the molecule is Cc1ccncc1-c1nc2ccc(C(=O)N/C=C3\CCOc4ccccc43)cc2n1C. The van der Waals surface area contributed by atoms with Crippen molar-refractivity contribution in [2.75, 3.05) is 6.61 Å². The van der Waals surface area contributed by atoms with Crippen LogP contribution in [0.4, 0.5) is 0 Å². The van der Waals surface area contributed by atoms with Gasteiger partial charge < -0.3 is 14.6 Å². The number of nitrogens with zero attached hydrogens (tertiary/aromatic N) is 3. The van der Waals surface area contributed by atoms with E-state index in [4.69, 9.17) is 9.72 Å². The highest BCUT2D eigenvalue weighted by Gasteiger charge is 2.16. The first-order chi connectivity index (χ1) is 15.1. The number of fused-ring (bicyclic) bond motifs is 2. The molecule has 154 valence electrons. The summed E-state index contributed by atoms with van der Waals surface area (Å²) in [7, 11) is 1.96. The fourth-order valence-corrected chi connectivity index (χ4v) is 3.92. The first kappa shape index (κ1) is 19.1. The summed E-state index contributed by atoms with van der Waals surface area (Å²) in [5, 5.41) is 2.95. The number of aromatic nitrogens is 3. The maximum atomic E-state index is 12.9. The van der Waals surface area contributed by atoms with E-state index in [-0.39, 0.29) is 5.91 Å². The molecule has 1 N–H and O–H groups in total. The Labute approximate surface area is 180 Å². The van der Waals surface area contributed by atoms with Crippen molar-refractivity contribution in [1.29, 1.82) is 0 Å². The number of pyridine rings is 1. The van der Waals surface area contributed by atoms with Gasteiger partial charge in [-0.05, 0) is 48.4 Å². The summed E-state index contributed by atoms with van der Waals surface area (Å²) in [5.41, 5.74) is 6.50. The lowest BCUT2D eigenvalue weighted by Gasteiger charge is -2.19. The van der Waals surface area contributed by atoms with Gasteiger partial charge in [-0.3, -0.25) is 9.78 Å². The lowest BCUT2D eigenvalue weighted by Crippen LogP contribution is -2.19. The Bertz CT molecular complexity index is 1340. The number of amides is 1. The maximum absolute atomic E-state index is 12.9. The third kappa shape index (κ3) is 3.46. The second kappa shape index (κ2) is 7.72. The van der Waals surface area contributed by atoms with E-state index in [1.165, 1.54) is 0 Å². The molecule has 0 spiro atoms. The smallest absolute Gasteiger partial charge is 0.255 e. The largest absolute Gasteiger partial charge is 0.493 e. The second-order valence-electron chi connectivity index (χ2n) is 7.63. The van der Waals surface area contributed by atoms with Gasteiger partial charge in [0.2, 0.25) is 0 Å². The number of carbonyl (C=O) groups excluding carboxylic acids is 1. The van der Waals surface area contributed by atoms with Gasteiger partial charge in [0, 0.05) is 48.8 Å². The van der Waals surface area contributed by atoms with Crippen LogP contribution in [0, 0.1) is 6.92 Å². The monoisotopic (exact) mass is 410 g/mol. The van der Waals surface area contributed by atoms with Crippen LogP contribution in [0.3, 0.4) is 0 Å². The van der Waals surface area contributed by atoms with Gasteiger partial charge in [-0.2, -0.15) is 0 Å². The Balaban J connectivity index is 1.44. The Kier molecular flexibility index (Phi) is 4.75. The third-order valence-corrected chi connectivity index (χ3v) is 5.66. The molecule has 0 atom stereocenters. The average molecular weight is 410 g/mol. The van der Waals surface area contributed by atoms with Crippen molar-refractivity contribution in [2.45, 2.75) is 13.3 Å². The van der Waals surface area contributed by atoms with E-state index < -0.39 is 0 Å². The van der Waals surface area contributed by atoms with E-state index >= 15 is 0 Å². The van der Waals surface area contributed by atoms with Crippen molar-refractivity contribution in [1.82, 2.24) is 19.9 Å².